The van der Waals surface area contributed by atoms with Gasteiger partial charge in [0, 0.05) is 69.5 Å². The summed E-state index contributed by atoms with van der Waals surface area (Å²) in [4.78, 5) is 31.6. The summed E-state index contributed by atoms with van der Waals surface area (Å²) < 4.78 is 0. The Morgan fingerprint density at radius 1 is 1.05 bits per heavy atom. The molecule has 0 saturated carbocycles. The van der Waals surface area contributed by atoms with E-state index in [2.05, 4.69) is 31.6 Å². The molecule has 2 N–H and O–H groups in total. The van der Waals surface area contributed by atoms with Crippen LogP contribution in [0.3, 0.4) is 0 Å². The van der Waals surface area contributed by atoms with Gasteiger partial charge in [0.2, 0.25) is 5.91 Å². The summed E-state index contributed by atoms with van der Waals surface area (Å²) in [6.45, 7) is 8.93. The molecule has 0 bridgehead atoms. The lowest BCUT2D eigenvalue weighted by molar-refractivity contribution is -0.138. The molecule has 3 aliphatic rings. The first-order chi connectivity index (χ1) is 17.9. The predicted molar refractivity (Wildman–Crippen MR) is 143 cm³/mol. The highest BCUT2D eigenvalue weighted by Gasteiger charge is 2.36. The normalized spacial score (nSPS) is 23.8. The van der Waals surface area contributed by atoms with Gasteiger partial charge in [0.15, 0.2) is 0 Å². The Morgan fingerprint density at radius 2 is 1.76 bits per heavy atom. The van der Waals surface area contributed by atoms with E-state index < -0.39 is 6.10 Å². The van der Waals surface area contributed by atoms with Crippen molar-refractivity contribution < 1.29 is 15.0 Å². The van der Waals surface area contributed by atoms with E-state index in [1.54, 1.807) is 6.33 Å². The molecule has 3 atom stereocenters. The molecule has 37 heavy (non-hydrogen) atoms. The zero-order valence-electron chi connectivity index (χ0n) is 21.5. The van der Waals surface area contributed by atoms with Gasteiger partial charge in [0.25, 0.3) is 0 Å². The van der Waals surface area contributed by atoms with Crippen molar-refractivity contribution in [2.24, 2.45) is 0 Å². The van der Waals surface area contributed by atoms with E-state index in [-0.39, 0.29) is 24.5 Å². The molecule has 9 nitrogen and oxygen atoms in total. The number of nitrogens with zero attached hydrogens (tertiary/aromatic N) is 6. The lowest BCUT2D eigenvalue weighted by Crippen LogP contribution is -2.59. The van der Waals surface area contributed by atoms with Crippen molar-refractivity contribution >= 4 is 23.3 Å². The summed E-state index contributed by atoms with van der Waals surface area (Å²) in [5.74, 6) is 1.29. The smallest absolute Gasteiger partial charge is 0.240 e. The minimum absolute atomic E-state index is 0.157. The third-order valence-corrected chi connectivity index (χ3v) is 8.31. The molecule has 0 radical (unpaired) electrons. The van der Waals surface area contributed by atoms with Crippen LogP contribution in [0.5, 0.6) is 0 Å². The highest BCUT2D eigenvalue weighted by molar-refractivity contribution is 6.30. The Morgan fingerprint density at radius 3 is 2.43 bits per heavy atom. The molecule has 2 aliphatic heterocycles. The van der Waals surface area contributed by atoms with Crippen LogP contribution in [0.1, 0.15) is 42.2 Å². The number of carbonyl (C=O) groups is 1. The number of fused-ring (bicyclic) bond motifs is 1. The second-order valence-electron chi connectivity index (χ2n) is 10.4. The van der Waals surface area contributed by atoms with Crippen molar-refractivity contribution in [2.75, 3.05) is 70.4 Å². The predicted octanol–water partition coefficient (Wildman–Crippen LogP) is 1.54. The number of benzene rings is 1. The number of hydrogen-bond acceptors (Lipinski definition) is 8. The maximum Gasteiger partial charge on any atom is 0.240 e. The topological polar surface area (TPSA) is 96.3 Å². The van der Waals surface area contributed by atoms with Gasteiger partial charge >= 0.3 is 0 Å². The molecule has 3 heterocycles. The Kier molecular flexibility index (Phi) is 8.26. The molecule has 2 aromatic rings. The monoisotopic (exact) mass is 528 g/mol. The van der Waals surface area contributed by atoms with E-state index in [0.29, 0.717) is 50.6 Å². The fourth-order valence-electron chi connectivity index (χ4n) is 5.96. The second-order valence-corrected chi connectivity index (χ2v) is 10.8. The van der Waals surface area contributed by atoms with Gasteiger partial charge in [-0.1, -0.05) is 30.7 Å². The first-order valence-electron chi connectivity index (χ1n) is 13.3. The van der Waals surface area contributed by atoms with Crippen LogP contribution in [-0.4, -0.2) is 112 Å². The number of aliphatic hydroxyl groups excluding tert-OH is 2. The summed E-state index contributed by atoms with van der Waals surface area (Å²) in [7, 11) is 0. The maximum atomic E-state index is 13.9. The van der Waals surface area contributed by atoms with Crippen LogP contribution in [0.2, 0.25) is 5.02 Å². The van der Waals surface area contributed by atoms with Crippen LogP contribution in [0.4, 0.5) is 5.82 Å². The Bertz CT molecular complexity index is 1070. The van der Waals surface area contributed by atoms with Crippen molar-refractivity contribution in [3.63, 3.8) is 0 Å². The number of aromatic nitrogens is 2. The van der Waals surface area contributed by atoms with Crippen LogP contribution < -0.4 is 4.90 Å². The number of amides is 1. The lowest BCUT2D eigenvalue weighted by Gasteiger charge is -2.42. The quantitative estimate of drug-likeness (QED) is 0.559. The van der Waals surface area contributed by atoms with Gasteiger partial charge < -0.3 is 20.0 Å². The van der Waals surface area contributed by atoms with Crippen molar-refractivity contribution in [3.05, 3.63) is 52.4 Å². The molecule has 1 aromatic carbocycles. The highest BCUT2D eigenvalue weighted by Crippen LogP contribution is 2.42. The van der Waals surface area contributed by atoms with Crippen LogP contribution in [0.25, 0.3) is 0 Å². The summed E-state index contributed by atoms with van der Waals surface area (Å²) in [5, 5.41) is 20.4. The van der Waals surface area contributed by atoms with Crippen molar-refractivity contribution in [2.45, 2.75) is 37.8 Å². The molecular weight excluding hydrogens is 492 g/mol. The first kappa shape index (κ1) is 26.3. The number of carbonyl (C=O) groups excluding carboxylic acids is 1. The largest absolute Gasteiger partial charge is 0.395 e. The van der Waals surface area contributed by atoms with Gasteiger partial charge in [-0.3, -0.25) is 14.6 Å². The molecule has 0 unspecified atom stereocenters. The van der Waals surface area contributed by atoms with Gasteiger partial charge in [-0.05, 0) is 36.5 Å². The lowest BCUT2D eigenvalue weighted by atomic mass is 10.0. The molecule has 200 valence electrons. The van der Waals surface area contributed by atoms with Crippen molar-refractivity contribution in [1.29, 1.82) is 0 Å². The number of β-amino-alcohol motifs (C(OH)–C–C–N with tert-alkyl or cyclic N) is 1. The molecule has 1 amide bonds. The van der Waals surface area contributed by atoms with Gasteiger partial charge in [-0.25, -0.2) is 9.97 Å². The van der Waals surface area contributed by atoms with Gasteiger partial charge in [0.05, 0.1) is 24.4 Å². The van der Waals surface area contributed by atoms with Gasteiger partial charge in [-0.15, -0.1) is 0 Å². The summed E-state index contributed by atoms with van der Waals surface area (Å²) in [6.07, 6.45) is 2.34. The van der Waals surface area contributed by atoms with E-state index in [1.807, 2.05) is 29.2 Å². The first-order valence-corrected chi connectivity index (χ1v) is 13.7. The minimum atomic E-state index is -0.527. The third-order valence-electron chi connectivity index (χ3n) is 8.06. The fourth-order valence-corrected chi connectivity index (χ4v) is 6.09. The molecular formula is C27H37ClN6O3. The number of rotatable bonds is 7. The fraction of sp³-hybridized carbons (Fsp3) is 0.593. The Hall–Kier alpha value is -2.30. The summed E-state index contributed by atoms with van der Waals surface area (Å²) in [5.41, 5.74) is 2.90. The van der Waals surface area contributed by atoms with E-state index >= 15 is 0 Å². The van der Waals surface area contributed by atoms with E-state index in [9.17, 15) is 15.0 Å². The Labute approximate surface area is 223 Å². The third kappa shape index (κ3) is 5.76. The molecule has 0 spiro atoms. The number of hydrogen-bond donors (Lipinski definition) is 2. The van der Waals surface area contributed by atoms with Gasteiger partial charge in [-0.2, -0.15) is 0 Å². The average molecular weight is 529 g/mol. The second kappa shape index (κ2) is 11.6. The Balaban J connectivity index is 1.28. The summed E-state index contributed by atoms with van der Waals surface area (Å²) >= 11 is 6.10. The van der Waals surface area contributed by atoms with Crippen LogP contribution >= 0.6 is 11.6 Å². The maximum absolute atomic E-state index is 13.9. The summed E-state index contributed by atoms with van der Waals surface area (Å²) in [6, 6.07) is 7.55. The van der Waals surface area contributed by atoms with Crippen LogP contribution in [-0.2, 0) is 11.2 Å². The molecule has 2 fully saturated rings. The standard InChI is InChI=1S/C27H37ClN6O3/c1-19-16-23(36)25-24(19)26(30-18-29-25)33-10-12-34(13-11-33)27(37)22(17-20-2-4-21(28)5-3-20)32-8-6-31(7-9-32)14-15-35/h2-5,18-19,22-23,35-36H,6-17H2,1H3/t19-,22-,23-/m1/s1. The van der Waals surface area contributed by atoms with E-state index in [4.69, 9.17) is 11.6 Å². The number of aliphatic hydroxyl groups is 2. The average Bonchev–Trinajstić information content (AvgIpc) is 3.22. The van der Waals surface area contributed by atoms with Crippen LogP contribution in [0.15, 0.2) is 30.6 Å². The molecule has 10 heteroatoms. The molecule has 1 aliphatic carbocycles. The minimum Gasteiger partial charge on any atom is -0.395 e. The SMILES string of the molecule is C[C@@H]1C[C@@H](O)c2ncnc(N3CCN(C(=O)[C@@H](Cc4ccc(Cl)cc4)N4CCN(CCO)CC4)CC3)c21. The highest BCUT2D eigenvalue weighted by atomic mass is 35.5. The van der Waals surface area contributed by atoms with Crippen molar-refractivity contribution in [3.8, 4) is 0 Å². The number of halogens is 1. The number of anilines is 1. The van der Waals surface area contributed by atoms with E-state index in [0.717, 1.165) is 48.8 Å². The molecule has 2 saturated heterocycles. The zero-order chi connectivity index (χ0) is 25.9. The zero-order valence-corrected chi connectivity index (χ0v) is 22.2. The number of piperazine rings is 2. The van der Waals surface area contributed by atoms with E-state index in [1.165, 1.54) is 0 Å². The molecule has 5 rings (SSSR count). The van der Waals surface area contributed by atoms with Gasteiger partial charge in [0.1, 0.15) is 12.1 Å². The van der Waals surface area contributed by atoms with Crippen LogP contribution in [0, 0.1) is 0 Å². The van der Waals surface area contributed by atoms with Crippen molar-refractivity contribution in [1.82, 2.24) is 24.7 Å². The molecule has 1 aromatic heterocycles.